The van der Waals surface area contributed by atoms with Crippen LogP contribution in [0.25, 0.3) is 0 Å². The lowest BCUT2D eigenvalue weighted by Crippen LogP contribution is -2.40. The van der Waals surface area contributed by atoms with Gasteiger partial charge in [0.1, 0.15) is 17.3 Å². The summed E-state index contributed by atoms with van der Waals surface area (Å²) in [7, 11) is -2.46. The molecule has 0 radical (unpaired) electrons. The van der Waals surface area contributed by atoms with Gasteiger partial charge in [-0.2, -0.15) is 0 Å². The SMILES string of the molecule is CCCc1cccc(S(=O)(=O)N(N)CCOc2ccccc2OCC)c1OC. The Bertz CT molecular complexity index is 871. The van der Waals surface area contributed by atoms with Gasteiger partial charge in [-0.15, -0.1) is 4.41 Å². The standard InChI is InChI=1S/C20H28N2O5S/c1-4-9-16-10-8-13-19(20(16)25-3)28(23,24)22(21)14-15-27-18-12-7-6-11-17(18)26-5-2/h6-8,10-13H,4-5,9,14-15,21H2,1-3H3. The van der Waals surface area contributed by atoms with E-state index in [1.54, 1.807) is 18.2 Å². The minimum Gasteiger partial charge on any atom is -0.495 e. The Labute approximate surface area is 167 Å². The second kappa shape index (κ2) is 10.3. The molecule has 154 valence electrons. The lowest BCUT2D eigenvalue weighted by Gasteiger charge is -2.20. The smallest absolute Gasteiger partial charge is 0.259 e. The summed E-state index contributed by atoms with van der Waals surface area (Å²) < 4.78 is 43.2. The number of hydrogen-bond donors (Lipinski definition) is 1. The van der Waals surface area contributed by atoms with Gasteiger partial charge < -0.3 is 14.2 Å². The van der Waals surface area contributed by atoms with E-state index in [1.165, 1.54) is 13.2 Å². The zero-order chi connectivity index (χ0) is 20.6. The number of nitrogens with two attached hydrogens (primary N) is 1. The molecule has 0 fully saturated rings. The molecule has 0 aromatic heterocycles. The number of sulfonamides is 1. The largest absolute Gasteiger partial charge is 0.495 e. The molecule has 2 rings (SSSR count). The molecule has 0 spiro atoms. The van der Waals surface area contributed by atoms with Gasteiger partial charge in [0.05, 0.1) is 20.3 Å². The van der Waals surface area contributed by atoms with Crippen LogP contribution in [0.5, 0.6) is 17.2 Å². The van der Waals surface area contributed by atoms with Crippen LogP contribution in [-0.2, 0) is 16.4 Å². The maximum atomic E-state index is 12.9. The molecule has 0 saturated heterocycles. The summed E-state index contributed by atoms with van der Waals surface area (Å²) in [6.07, 6.45) is 1.59. The van der Waals surface area contributed by atoms with E-state index >= 15 is 0 Å². The molecule has 0 aliphatic heterocycles. The molecule has 2 aromatic rings. The maximum Gasteiger partial charge on any atom is 0.259 e. The highest BCUT2D eigenvalue weighted by Crippen LogP contribution is 2.30. The number of ether oxygens (including phenoxy) is 3. The lowest BCUT2D eigenvalue weighted by atomic mass is 10.1. The summed E-state index contributed by atoms with van der Waals surface area (Å²) >= 11 is 0. The summed E-state index contributed by atoms with van der Waals surface area (Å²) in [6, 6.07) is 12.3. The van der Waals surface area contributed by atoms with Gasteiger partial charge >= 0.3 is 0 Å². The second-order valence-electron chi connectivity index (χ2n) is 6.04. The fourth-order valence-electron chi connectivity index (χ4n) is 2.80. The predicted octanol–water partition coefficient (Wildman–Crippen LogP) is 2.99. The normalized spacial score (nSPS) is 11.5. The summed E-state index contributed by atoms with van der Waals surface area (Å²) in [5.41, 5.74) is 0.835. The van der Waals surface area contributed by atoms with Gasteiger partial charge in [0.25, 0.3) is 10.0 Å². The van der Waals surface area contributed by atoms with E-state index in [0.29, 0.717) is 30.3 Å². The van der Waals surface area contributed by atoms with E-state index in [9.17, 15) is 8.42 Å². The number of rotatable bonds is 11. The van der Waals surface area contributed by atoms with Crippen molar-refractivity contribution in [1.29, 1.82) is 0 Å². The molecule has 0 unspecified atom stereocenters. The summed E-state index contributed by atoms with van der Waals surface area (Å²) in [5, 5.41) is 0. The van der Waals surface area contributed by atoms with Gasteiger partial charge in [0.15, 0.2) is 11.5 Å². The van der Waals surface area contributed by atoms with E-state index < -0.39 is 10.0 Å². The fourth-order valence-corrected chi connectivity index (χ4v) is 4.07. The van der Waals surface area contributed by atoms with Crippen LogP contribution < -0.4 is 20.1 Å². The number of nitrogens with zero attached hydrogens (tertiary/aromatic N) is 1. The zero-order valence-corrected chi connectivity index (χ0v) is 17.4. The Morgan fingerprint density at radius 3 is 2.29 bits per heavy atom. The monoisotopic (exact) mass is 408 g/mol. The summed E-state index contributed by atoms with van der Waals surface area (Å²) in [4.78, 5) is 0.0539. The number of hydrogen-bond acceptors (Lipinski definition) is 6. The molecule has 0 aliphatic rings. The van der Waals surface area contributed by atoms with Crippen molar-refractivity contribution in [3.63, 3.8) is 0 Å². The molecule has 0 atom stereocenters. The number of aryl methyl sites for hydroxylation is 1. The number of methoxy groups -OCH3 is 1. The average Bonchev–Trinajstić information content (AvgIpc) is 2.69. The van der Waals surface area contributed by atoms with Gasteiger partial charge in [-0.1, -0.05) is 37.6 Å². The second-order valence-corrected chi connectivity index (χ2v) is 7.90. The number of hydrazine groups is 1. The Kier molecular flexibility index (Phi) is 8.10. The van der Waals surface area contributed by atoms with Crippen molar-refractivity contribution < 1.29 is 22.6 Å². The van der Waals surface area contributed by atoms with Crippen LogP contribution in [0.15, 0.2) is 47.4 Å². The van der Waals surface area contributed by atoms with Gasteiger partial charge in [0.2, 0.25) is 0 Å². The highest BCUT2D eigenvalue weighted by molar-refractivity contribution is 7.89. The Balaban J connectivity index is 2.12. The molecule has 0 bridgehead atoms. The van der Waals surface area contributed by atoms with E-state index in [1.807, 2.05) is 32.0 Å². The molecule has 0 amide bonds. The molecule has 0 heterocycles. The van der Waals surface area contributed by atoms with Crippen LogP contribution >= 0.6 is 0 Å². The number of para-hydroxylation sites is 3. The van der Waals surface area contributed by atoms with Crippen LogP contribution in [0.2, 0.25) is 0 Å². The molecular weight excluding hydrogens is 380 g/mol. The van der Waals surface area contributed by atoms with E-state index in [0.717, 1.165) is 16.4 Å². The van der Waals surface area contributed by atoms with Crippen LogP contribution in [0.1, 0.15) is 25.8 Å². The molecule has 2 aromatic carbocycles. The van der Waals surface area contributed by atoms with Gasteiger partial charge in [-0.05, 0) is 37.1 Å². The third-order valence-corrected chi connectivity index (χ3v) is 5.77. The van der Waals surface area contributed by atoms with Crippen LogP contribution in [-0.4, -0.2) is 39.7 Å². The highest BCUT2D eigenvalue weighted by atomic mass is 32.2. The molecule has 0 saturated carbocycles. The highest BCUT2D eigenvalue weighted by Gasteiger charge is 2.26. The van der Waals surface area contributed by atoms with Crippen LogP contribution in [0.4, 0.5) is 0 Å². The predicted molar refractivity (Wildman–Crippen MR) is 108 cm³/mol. The third-order valence-electron chi connectivity index (χ3n) is 4.09. The minimum absolute atomic E-state index is 0.0239. The molecule has 2 N–H and O–H groups in total. The third kappa shape index (κ3) is 5.15. The van der Waals surface area contributed by atoms with Crippen molar-refractivity contribution in [2.24, 2.45) is 5.84 Å². The first-order chi connectivity index (χ1) is 13.5. The molecule has 28 heavy (non-hydrogen) atoms. The minimum atomic E-state index is -3.92. The van der Waals surface area contributed by atoms with E-state index in [4.69, 9.17) is 20.1 Å². The average molecular weight is 409 g/mol. The topological polar surface area (TPSA) is 91.1 Å². The Hall–Kier alpha value is -2.29. The Morgan fingerprint density at radius 1 is 1.00 bits per heavy atom. The number of benzene rings is 2. The first-order valence-electron chi connectivity index (χ1n) is 9.23. The lowest BCUT2D eigenvalue weighted by molar-refractivity contribution is 0.253. The van der Waals surface area contributed by atoms with E-state index in [-0.39, 0.29) is 18.0 Å². The van der Waals surface area contributed by atoms with Crippen molar-refractivity contribution in [3.05, 3.63) is 48.0 Å². The zero-order valence-electron chi connectivity index (χ0n) is 16.6. The molecule has 0 aliphatic carbocycles. The van der Waals surface area contributed by atoms with Gasteiger partial charge in [-0.3, -0.25) is 5.84 Å². The fraction of sp³-hybridized carbons (Fsp3) is 0.400. The molecular formula is C20H28N2O5S. The van der Waals surface area contributed by atoms with E-state index in [2.05, 4.69) is 0 Å². The maximum absolute atomic E-state index is 12.9. The van der Waals surface area contributed by atoms with Crippen molar-refractivity contribution in [2.75, 3.05) is 26.9 Å². The van der Waals surface area contributed by atoms with Crippen molar-refractivity contribution >= 4 is 10.0 Å². The quantitative estimate of drug-likeness (QED) is 0.454. The van der Waals surface area contributed by atoms with Gasteiger partial charge in [0, 0.05) is 0 Å². The van der Waals surface area contributed by atoms with Crippen LogP contribution in [0, 0.1) is 0 Å². The summed E-state index contributed by atoms with van der Waals surface area (Å²) in [6.45, 7) is 4.46. The van der Waals surface area contributed by atoms with Crippen molar-refractivity contribution in [1.82, 2.24) is 4.41 Å². The van der Waals surface area contributed by atoms with Crippen molar-refractivity contribution in [2.45, 2.75) is 31.6 Å². The first-order valence-corrected chi connectivity index (χ1v) is 10.7. The van der Waals surface area contributed by atoms with Crippen molar-refractivity contribution in [3.8, 4) is 17.2 Å². The summed E-state index contributed by atoms with van der Waals surface area (Å²) in [5.74, 6) is 7.35. The first kappa shape index (κ1) is 22.0. The molecule has 8 heteroatoms. The Morgan fingerprint density at radius 2 is 1.68 bits per heavy atom. The van der Waals surface area contributed by atoms with Crippen LogP contribution in [0.3, 0.4) is 0 Å². The van der Waals surface area contributed by atoms with Gasteiger partial charge in [-0.25, -0.2) is 8.42 Å². The molecule has 7 nitrogen and oxygen atoms in total.